The van der Waals surface area contributed by atoms with Crippen molar-refractivity contribution in [2.24, 2.45) is 17.6 Å². The summed E-state index contributed by atoms with van der Waals surface area (Å²) in [5.74, 6) is 0.560. The fourth-order valence-corrected chi connectivity index (χ4v) is 1.75. The molecule has 0 aliphatic carbocycles. The zero-order chi connectivity index (χ0) is 11.1. The summed E-state index contributed by atoms with van der Waals surface area (Å²) in [7, 11) is 0. The zero-order valence-electron chi connectivity index (χ0n) is 9.49. The molecule has 0 rings (SSSR count). The summed E-state index contributed by atoms with van der Waals surface area (Å²) in [5, 5.41) is 8.51. The molecule has 3 heteroatoms. The van der Waals surface area contributed by atoms with Crippen LogP contribution in [0.5, 0.6) is 0 Å². The molecule has 0 radical (unpaired) electrons. The number of nitrogens with two attached hydrogens (primary N) is 1. The molecule has 0 fully saturated rings. The lowest BCUT2D eigenvalue weighted by Crippen LogP contribution is -2.24. The van der Waals surface area contributed by atoms with E-state index in [-0.39, 0.29) is 12.5 Å². The minimum absolute atomic E-state index is 0.0917. The van der Waals surface area contributed by atoms with Gasteiger partial charge in [0.2, 0.25) is 0 Å². The molecule has 0 aliphatic rings. The molecule has 0 bridgehead atoms. The SMILES string of the molecule is CC(C)CC(C)CCC(N)CC(=O)O. The van der Waals surface area contributed by atoms with E-state index >= 15 is 0 Å². The van der Waals surface area contributed by atoms with Crippen molar-refractivity contribution in [3.63, 3.8) is 0 Å². The highest BCUT2D eigenvalue weighted by atomic mass is 16.4. The van der Waals surface area contributed by atoms with E-state index in [0.717, 1.165) is 12.8 Å². The van der Waals surface area contributed by atoms with Crippen molar-refractivity contribution in [1.29, 1.82) is 0 Å². The monoisotopic (exact) mass is 201 g/mol. The van der Waals surface area contributed by atoms with Gasteiger partial charge in [-0.25, -0.2) is 0 Å². The molecule has 2 unspecified atom stereocenters. The third-order valence-corrected chi connectivity index (χ3v) is 2.34. The molecule has 3 N–H and O–H groups in total. The zero-order valence-corrected chi connectivity index (χ0v) is 9.49. The van der Waals surface area contributed by atoms with Gasteiger partial charge in [0.05, 0.1) is 6.42 Å². The third kappa shape index (κ3) is 8.05. The lowest BCUT2D eigenvalue weighted by atomic mass is 9.92. The number of carbonyl (C=O) groups is 1. The van der Waals surface area contributed by atoms with Crippen molar-refractivity contribution >= 4 is 5.97 Å². The number of carboxylic acids is 1. The first-order valence-electron chi connectivity index (χ1n) is 5.39. The van der Waals surface area contributed by atoms with E-state index in [0.29, 0.717) is 11.8 Å². The quantitative estimate of drug-likeness (QED) is 0.664. The molecular formula is C11H23NO2. The molecule has 0 aliphatic heterocycles. The summed E-state index contributed by atoms with van der Waals surface area (Å²) < 4.78 is 0. The van der Waals surface area contributed by atoms with Crippen LogP contribution in [-0.4, -0.2) is 17.1 Å². The standard InChI is InChI=1S/C11H23NO2/c1-8(2)6-9(3)4-5-10(12)7-11(13)14/h8-10H,4-7,12H2,1-3H3,(H,13,14). The van der Waals surface area contributed by atoms with Crippen LogP contribution in [0, 0.1) is 11.8 Å². The van der Waals surface area contributed by atoms with Crippen molar-refractivity contribution in [1.82, 2.24) is 0 Å². The first-order valence-corrected chi connectivity index (χ1v) is 5.39. The van der Waals surface area contributed by atoms with Gasteiger partial charge in [-0.05, 0) is 31.1 Å². The van der Waals surface area contributed by atoms with Gasteiger partial charge in [0, 0.05) is 6.04 Å². The molecule has 0 aromatic rings. The largest absolute Gasteiger partial charge is 0.481 e. The second kappa shape index (κ2) is 6.82. The van der Waals surface area contributed by atoms with Gasteiger partial charge >= 0.3 is 5.97 Å². The van der Waals surface area contributed by atoms with Gasteiger partial charge < -0.3 is 10.8 Å². The fraction of sp³-hybridized carbons (Fsp3) is 0.909. The van der Waals surface area contributed by atoms with Gasteiger partial charge in [-0.2, -0.15) is 0 Å². The van der Waals surface area contributed by atoms with Gasteiger partial charge in [0.15, 0.2) is 0 Å². The molecule has 2 atom stereocenters. The van der Waals surface area contributed by atoms with Gasteiger partial charge in [0.1, 0.15) is 0 Å². The first-order chi connectivity index (χ1) is 6.41. The Morgan fingerprint density at radius 2 is 1.86 bits per heavy atom. The average Bonchev–Trinajstić information content (AvgIpc) is 1.98. The maximum absolute atomic E-state index is 10.4. The lowest BCUT2D eigenvalue weighted by molar-refractivity contribution is -0.137. The number of carboxylic acid groups (broad SMARTS) is 1. The summed E-state index contributed by atoms with van der Waals surface area (Å²) >= 11 is 0. The minimum atomic E-state index is -0.797. The Kier molecular flexibility index (Phi) is 6.54. The molecule has 0 amide bonds. The average molecular weight is 201 g/mol. The molecule has 0 saturated carbocycles. The van der Waals surface area contributed by atoms with Crippen molar-refractivity contribution in [2.45, 2.75) is 52.5 Å². The van der Waals surface area contributed by atoms with E-state index in [1.807, 2.05) is 0 Å². The summed E-state index contributed by atoms with van der Waals surface area (Å²) in [6, 6.07) is -0.179. The minimum Gasteiger partial charge on any atom is -0.481 e. The van der Waals surface area contributed by atoms with Gasteiger partial charge in [-0.3, -0.25) is 4.79 Å². The van der Waals surface area contributed by atoms with E-state index in [9.17, 15) is 4.79 Å². The second-order valence-electron chi connectivity index (χ2n) is 4.67. The maximum Gasteiger partial charge on any atom is 0.304 e. The van der Waals surface area contributed by atoms with E-state index < -0.39 is 5.97 Å². The predicted octanol–water partition coefficient (Wildman–Crippen LogP) is 2.25. The van der Waals surface area contributed by atoms with Crippen LogP contribution >= 0.6 is 0 Å². The number of hydrogen-bond donors (Lipinski definition) is 2. The smallest absolute Gasteiger partial charge is 0.304 e. The van der Waals surface area contributed by atoms with Crippen LogP contribution < -0.4 is 5.73 Å². The molecule has 0 heterocycles. The van der Waals surface area contributed by atoms with Crippen molar-refractivity contribution in [3.05, 3.63) is 0 Å². The Bertz CT molecular complexity index is 169. The van der Waals surface area contributed by atoms with Gasteiger partial charge in [0.25, 0.3) is 0 Å². The first kappa shape index (κ1) is 13.4. The highest BCUT2D eigenvalue weighted by Crippen LogP contribution is 2.17. The van der Waals surface area contributed by atoms with Gasteiger partial charge in [-0.15, -0.1) is 0 Å². The summed E-state index contributed by atoms with van der Waals surface area (Å²) in [5.41, 5.74) is 5.67. The molecule has 14 heavy (non-hydrogen) atoms. The number of aliphatic carboxylic acids is 1. The highest BCUT2D eigenvalue weighted by molar-refractivity contribution is 5.67. The second-order valence-corrected chi connectivity index (χ2v) is 4.67. The predicted molar refractivity (Wildman–Crippen MR) is 58.1 cm³/mol. The Hall–Kier alpha value is -0.570. The number of hydrogen-bond acceptors (Lipinski definition) is 2. The molecule has 0 spiro atoms. The molecule has 84 valence electrons. The maximum atomic E-state index is 10.4. The van der Waals surface area contributed by atoms with E-state index in [1.165, 1.54) is 6.42 Å². The van der Waals surface area contributed by atoms with Crippen molar-refractivity contribution < 1.29 is 9.90 Å². The van der Waals surface area contributed by atoms with Gasteiger partial charge in [-0.1, -0.05) is 20.8 Å². The number of rotatable bonds is 7. The molecule has 0 aromatic heterocycles. The van der Waals surface area contributed by atoms with Crippen LogP contribution in [0.15, 0.2) is 0 Å². The molecule has 3 nitrogen and oxygen atoms in total. The molecule has 0 saturated heterocycles. The van der Waals surface area contributed by atoms with Crippen molar-refractivity contribution in [3.8, 4) is 0 Å². The van der Waals surface area contributed by atoms with Crippen LogP contribution in [0.25, 0.3) is 0 Å². The molecular weight excluding hydrogens is 178 g/mol. The Morgan fingerprint density at radius 3 is 2.29 bits per heavy atom. The van der Waals surface area contributed by atoms with E-state index in [1.54, 1.807) is 0 Å². The topological polar surface area (TPSA) is 63.3 Å². The lowest BCUT2D eigenvalue weighted by Gasteiger charge is -2.15. The van der Waals surface area contributed by atoms with E-state index in [2.05, 4.69) is 20.8 Å². The Labute approximate surface area is 86.7 Å². The van der Waals surface area contributed by atoms with E-state index in [4.69, 9.17) is 10.8 Å². The Morgan fingerprint density at radius 1 is 1.29 bits per heavy atom. The van der Waals surface area contributed by atoms with Crippen molar-refractivity contribution in [2.75, 3.05) is 0 Å². The Balaban J connectivity index is 3.55. The third-order valence-electron chi connectivity index (χ3n) is 2.34. The summed E-state index contributed by atoms with van der Waals surface area (Å²) in [6.07, 6.45) is 3.14. The van der Waals surface area contributed by atoms with Crippen LogP contribution in [-0.2, 0) is 4.79 Å². The van der Waals surface area contributed by atoms with Crippen LogP contribution in [0.4, 0.5) is 0 Å². The molecule has 0 aromatic carbocycles. The normalized spacial score (nSPS) is 15.5. The van der Waals surface area contributed by atoms with Crippen LogP contribution in [0.1, 0.15) is 46.5 Å². The fourth-order valence-electron chi connectivity index (χ4n) is 1.75. The van der Waals surface area contributed by atoms with Crippen LogP contribution in [0.3, 0.4) is 0 Å². The summed E-state index contributed by atoms with van der Waals surface area (Å²) in [6.45, 7) is 6.61. The summed E-state index contributed by atoms with van der Waals surface area (Å²) in [4.78, 5) is 10.4. The van der Waals surface area contributed by atoms with Crippen LogP contribution in [0.2, 0.25) is 0 Å². The highest BCUT2D eigenvalue weighted by Gasteiger charge is 2.11.